The van der Waals surface area contributed by atoms with E-state index in [1.165, 1.54) is 6.92 Å². The summed E-state index contributed by atoms with van der Waals surface area (Å²) in [5.74, 6) is -1.03. The third-order valence-corrected chi connectivity index (χ3v) is 2.84. The molecule has 0 saturated carbocycles. The lowest BCUT2D eigenvalue weighted by atomic mass is 10.1. The molecule has 6 heteroatoms. The van der Waals surface area contributed by atoms with Gasteiger partial charge in [0, 0.05) is 19.7 Å². The summed E-state index contributed by atoms with van der Waals surface area (Å²) in [5, 5.41) is 11.1. The predicted octanol–water partition coefficient (Wildman–Crippen LogP) is 0.670. The Morgan fingerprint density at radius 1 is 1.47 bits per heavy atom. The number of nitrogens with zero attached hydrogens (tertiary/aromatic N) is 1. The molecule has 0 aliphatic carbocycles. The van der Waals surface area contributed by atoms with Crippen molar-refractivity contribution in [1.82, 2.24) is 10.2 Å². The van der Waals surface area contributed by atoms with Crippen LogP contribution >= 0.6 is 0 Å². The van der Waals surface area contributed by atoms with Crippen molar-refractivity contribution >= 4 is 12.0 Å². The number of rotatable bonds is 4. The van der Waals surface area contributed by atoms with E-state index >= 15 is 0 Å². The first kappa shape index (κ1) is 13.8. The Morgan fingerprint density at radius 2 is 2.06 bits per heavy atom. The maximum Gasteiger partial charge on any atom is 0.325 e. The van der Waals surface area contributed by atoms with Crippen molar-refractivity contribution in [3.8, 4) is 0 Å². The molecule has 1 aliphatic heterocycles. The molecule has 0 aromatic rings. The van der Waals surface area contributed by atoms with Gasteiger partial charge in [0.2, 0.25) is 0 Å². The smallest absolute Gasteiger partial charge is 0.325 e. The molecule has 1 aliphatic rings. The molecule has 1 unspecified atom stereocenters. The molecule has 1 heterocycles. The first-order chi connectivity index (χ1) is 8.04. The van der Waals surface area contributed by atoms with Gasteiger partial charge in [-0.15, -0.1) is 0 Å². The average molecular weight is 244 g/mol. The second kappa shape index (κ2) is 6.44. The predicted molar refractivity (Wildman–Crippen MR) is 61.9 cm³/mol. The largest absolute Gasteiger partial charge is 0.480 e. The lowest BCUT2D eigenvalue weighted by molar-refractivity contribution is -0.138. The van der Waals surface area contributed by atoms with E-state index in [0.29, 0.717) is 19.7 Å². The van der Waals surface area contributed by atoms with E-state index in [4.69, 9.17) is 9.84 Å². The first-order valence-electron chi connectivity index (χ1n) is 5.94. The Morgan fingerprint density at radius 3 is 2.53 bits per heavy atom. The highest BCUT2D eigenvalue weighted by Crippen LogP contribution is 2.13. The number of carboxylic acids is 1. The fraction of sp³-hybridized carbons (Fsp3) is 0.818. The zero-order valence-corrected chi connectivity index (χ0v) is 10.3. The molecule has 6 nitrogen and oxygen atoms in total. The van der Waals surface area contributed by atoms with Gasteiger partial charge < -0.3 is 20.1 Å². The van der Waals surface area contributed by atoms with Crippen molar-refractivity contribution in [2.75, 3.05) is 19.7 Å². The van der Waals surface area contributed by atoms with E-state index in [1.807, 2.05) is 6.92 Å². The third-order valence-electron chi connectivity index (χ3n) is 2.84. The van der Waals surface area contributed by atoms with Crippen LogP contribution in [-0.2, 0) is 9.53 Å². The van der Waals surface area contributed by atoms with Crippen LogP contribution in [0.5, 0.6) is 0 Å². The van der Waals surface area contributed by atoms with Crippen molar-refractivity contribution in [2.24, 2.45) is 0 Å². The van der Waals surface area contributed by atoms with Gasteiger partial charge >= 0.3 is 12.0 Å². The number of urea groups is 1. The Bertz CT molecular complexity index is 275. The van der Waals surface area contributed by atoms with Crippen LogP contribution in [-0.4, -0.2) is 53.8 Å². The van der Waals surface area contributed by atoms with E-state index in [9.17, 15) is 9.59 Å². The number of nitrogens with one attached hydrogen (secondary N) is 1. The van der Waals surface area contributed by atoms with Crippen LogP contribution in [0.3, 0.4) is 0 Å². The van der Waals surface area contributed by atoms with Crippen LogP contribution in [0, 0.1) is 0 Å². The molecule has 0 bridgehead atoms. The number of amides is 2. The Hall–Kier alpha value is -1.30. The number of piperidine rings is 1. The summed E-state index contributed by atoms with van der Waals surface area (Å²) in [7, 11) is 0. The van der Waals surface area contributed by atoms with E-state index in [0.717, 1.165) is 12.8 Å². The second-order valence-electron chi connectivity index (χ2n) is 4.15. The normalized spacial score (nSPS) is 18.8. The molecule has 1 saturated heterocycles. The molecular weight excluding hydrogens is 224 g/mol. The van der Waals surface area contributed by atoms with E-state index in [-0.39, 0.29) is 12.1 Å². The van der Waals surface area contributed by atoms with Crippen LogP contribution < -0.4 is 5.32 Å². The van der Waals surface area contributed by atoms with Gasteiger partial charge in [0.25, 0.3) is 0 Å². The molecule has 2 N–H and O–H groups in total. The lowest BCUT2D eigenvalue weighted by Gasteiger charge is -2.32. The summed E-state index contributed by atoms with van der Waals surface area (Å²) in [6.07, 6.45) is 1.84. The number of carbonyl (C=O) groups is 2. The van der Waals surface area contributed by atoms with Crippen molar-refractivity contribution in [3.05, 3.63) is 0 Å². The summed E-state index contributed by atoms with van der Waals surface area (Å²) in [4.78, 5) is 23.9. The Balaban J connectivity index is 2.33. The summed E-state index contributed by atoms with van der Waals surface area (Å²) >= 11 is 0. The highest BCUT2D eigenvalue weighted by atomic mass is 16.5. The minimum atomic E-state index is -1.03. The van der Waals surface area contributed by atoms with Gasteiger partial charge in [-0.1, -0.05) is 0 Å². The number of carboxylic acid groups (broad SMARTS) is 1. The van der Waals surface area contributed by atoms with Gasteiger partial charge in [-0.25, -0.2) is 4.79 Å². The molecule has 98 valence electrons. The topological polar surface area (TPSA) is 78.9 Å². The number of ether oxygens (including phenoxy) is 1. The summed E-state index contributed by atoms with van der Waals surface area (Å²) in [6, 6.07) is -1.16. The zero-order chi connectivity index (χ0) is 12.8. The third kappa shape index (κ3) is 4.22. The maximum absolute atomic E-state index is 11.7. The van der Waals surface area contributed by atoms with Crippen LogP contribution in [0.1, 0.15) is 26.7 Å². The quantitative estimate of drug-likeness (QED) is 0.762. The van der Waals surface area contributed by atoms with Gasteiger partial charge in [-0.3, -0.25) is 4.79 Å². The molecule has 0 aromatic heterocycles. The summed E-state index contributed by atoms with van der Waals surface area (Å²) < 4.78 is 5.48. The molecule has 0 radical (unpaired) electrons. The van der Waals surface area contributed by atoms with Crippen molar-refractivity contribution in [3.63, 3.8) is 0 Å². The van der Waals surface area contributed by atoms with Crippen LogP contribution in [0.25, 0.3) is 0 Å². The van der Waals surface area contributed by atoms with E-state index < -0.39 is 12.0 Å². The van der Waals surface area contributed by atoms with Crippen LogP contribution in [0.4, 0.5) is 4.79 Å². The standard InChI is InChI=1S/C11H20N2O4/c1-3-17-9-4-6-13(7-5-9)11(16)12-8(2)10(14)15/h8-9H,3-7H2,1-2H3,(H,12,16)(H,14,15). The summed E-state index contributed by atoms with van der Waals surface area (Å²) in [6.45, 7) is 5.32. The maximum atomic E-state index is 11.7. The first-order valence-corrected chi connectivity index (χ1v) is 5.94. The van der Waals surface area contributed by atoms with Gasteiger partial charge in [0.15, 0.2) is 0 Å². The molecule has 1 rings (SSSR count). The van der Waals surface area contributed by atoms with E-state index in [2.05, 4.69) is 5.32 Å². The monoisotopic (exact) mass is 244 g/mol. The minimum absolute atomic E-state index is 0.223. The number of hydrogen-bond donors (Lipinski definition) is 2. The molecule has 0 spiro atoms. The van der Waals surface area contributed by atoms with Gasteiger partial charge in [-0.05, 0) is 26.7 Å². The molecular formula is C11H20N2O4. The SMILES string of the molecule is CCOC1CCN(C(=O)NC(C)C(=O)O)CC1. The molecule has 17 heavy (non-hydrogen) atoms. The molecule has 2 amide bonds. The Labute approximate surface area is 101 Å². The van der Waals surface area contributed by atoms with Crippen LogP contribution in [0.2, 0.25) is 0 Å². The van der Waals surface area contributed by atoms with Gasteiger partial charge in [-0.2, -0.15) is 0 Å². The van der Waals surface area contributed by atoms with Crippen LogP contribution in [0.15, 0.2) is 0 Å². The second-order valence-corrected chi connectivity index (χ2v) is 4.15. The van der Waals surface area contributed by atoms with Crippen molar-refractivity contribution in [2.45, 2.75) is 38.8 Å². The molecule has 1 fully saturated rings. The van der Waals surface area contributed by atoms with Crippen molar-refractivity contribution < 1.29 is 19.4 Å². The average Bonchev–Trinajstić information content (AvgIpc) is 2.30. The van der Waals surface area contributed by atoms with Gasteiger partial charge in [0.05, 0.1) is 6.10 Å². The fourth-order valence-electron chi connectivity index (χ4n) is 1.80. The zero-order valence-electron chi connectivity index (χ0n) is 10.3. The minimum Gasteiger partial charge on any atom is -0.480 e. The highest BCUT2D eigenvalue weighted by Gasteiger charge is 2.24. The lowest BCUT2D eigenvalue weighted by Crippen LogP contribution is -2.50. The number of aliphatic carboxylic acids is 1. The van der Waals surface area contributed by atoms with Gasteiger partial charge in [0.1, 0.15) is 6.04 Å². The number of carbonyl (C=O) groups excluding carboxylic acids is 1. The van der Waals surface area contributed by atoms with E-state index in [1.54, 1.807) is 4.90 Å². The summed E-state index contributed by atoms with van der Waals surface area (Å²) in [5.41, 5.74) is 0. The number of hydrogen-bond acceptors (Lipinski definition) is 3. The highest BCUT2D eigenvalue weighted by molar-refractivity contribution is 5.82. The van der Waals surface area contributed by atoms with Crippen molar-refractivity contribution in [1.29, 1.82) is 0 Å². The number of likely N-dealkylation sites (tertiary alicyclic amines) is 1. The molecule has 0 aromatic carbocycles. The fourth-order valence-corrected chi connectivity index (χ4v) is 1.80. The Kier molecular flexibility index (Phi) is 5.21. The molecule has 1 atom stereocenters.